The highest BCUT2D eigenvalue weighted by Crippen LogP contribution is 2.36. The largest absolute Gasteiger partial charge is 0.385 e. The van der Waals surface area contributed by atoms with Crippen LogP contribution >= 0.6 is 38.9 Å². The van der Waals surface area contributed by atoms with Crippen LogP contribution in [0.4, 0.5) is 0 Å². The predicted molar refractivity (Wildman–Crippen MR) is 62.5 cm³/mol. The smallest absolute Gasteiger partial charge is 0.117 e. The molecular weight excluding hydrogens is 304 g/mol. The molecule has 2 unspecified atom stereocenters. The zero-order chi connectivity index (χ0) is 10.8. The SMILES string of the molecule is OC(c1cc(Cl)c(Br)s1)C1COCCO1. The van der Waals surface area contributed by atoms with E-state index in [-0.39, 0.29) is 6.10 Å². The van der Waals surface area contributed by atoms with Crippen molar-refractivity contribution in [3.8, 4) is 0 Å². The minimum Gasteiger partial charge on any atom is -0.385 e. The maximum atomic E-state index is 10.0. The van der Waals surface area contributed by atoms with Crippen LogP contribution in [0, 0.1) is 0 Å². The molecule has 15 heavy (non-hydrogen) atoms. The first-order valence-electron chi connectivity index (χ1n) is 4.50. The van der Waals surface area contributed by atoms with Gasteiger partial charge in [0, 0.05) is 4.88 Å². The highest BCUT2D eigenvalue weighted by atomic mass is 79.9. The molecule has 1 aromatic heterocycles. The molecule has 2 rings (SSSR count). The average molecular weight is 314 g/mol. The normalized spacial score (nSPS) is 24.1. The van der Waals surface area contributed by atoms with Crippen molar-refractivity contribution in [1.82, 2.24) is 0 Å². The van der Waals surface area contributed by atoms with Crippen molar-refractivity contribution < 1.29 is 14.6 Å². The predicted octanol–water partition coefficient (Wildman–Crippen LogP) is 2.61. The van der Waals surface area contributed by atoms with E-state index < -0.39 is 6.10 Å². The first-order valence-corrected chi connectivity index (χ1v) is 6.49. The van der Waals surface area contributed by atoms with Crippen LogP contribution < -0.4 is 0 Å². The summed E-state index contributed by atoms with van der Waals surface area (Å²) in [5, 5.41) is 10.6. The Morgan fingerprint density at radius 1 is 1.60 bits per heavy atom. The zero-order valence-electron chi connectivity index (χ0n) is 7.78. The van der Waals surface area contributed by atoms with Gasteiger partial charge >= 0.3 is 0 Å². The summed E-state index contributed by atoms with van der Waals surface area (Å²) in [5.41, 5.74) is 0. The van der Waals surface area contributed by atoms with E-state index in [1.54, 1.807) is 6.07 Å². The third kappa shape index (κ3) is 2.72. The minimum absolute atomic E-state index is 0.291. The lowest BCUT2D eigenvalue weighted by Crippen LogP contribution is -2.33. The summed E-state index contributed by atoms with van der Waals surface area (Å²) >= 11 is 10.6. The van der Waals surface area contributed by atoms with E-state index in [9.17, 15) is 5.11 Å². The van der Waals surface area contributed by atoms with Crippen LogP contribution in [-0.2, 0) is 9.47 Å². The van der Waals surface area contributed by atoms with Crippen molar-refractivity contribution in [2.45, 2.75) is 12.2 Å². The van der Waals surface area contributed by atoms with Crippen LogP contribution in [0.2, 0.25) is 5.02 Å². The van der Waals surface area contributed by atoms with Crippen LogP contribution in [0.5, 0.6) is 0 Å². The Kier molecular flexibility index (Phi) is 4.04. The van der Waals surface area contributed by atoms with Crippen LogP contribution in [0.15, 0.2) is 9.85 Å². The number of rotatable bonds is 2. The number of halogens is 2. The third-order valence-electron chi connectivity index (χ3n) is 2.15. The van der Waals surface area contributed by atoms with Crippen LogP contribution in [0.3, 0.4) is 0 Å². The number of aliphatic hydroxyl groups is 1. The molecule has 84 valence electrons. The summed E-state index contributed by atoms with van der Waals surface area (Å²) < 4.78 is 11.5. The molecule has 1 aliphatic rings. The summed E-state index contributed by atoms with van der Waals surface area (Å²) in [5.74, 6) is 0. The summed E-state index contributed by atoms with van der Waals surface area (Å²) in [6.07, 6.45) is -0.959. The lowest BCUT2D eigenvalue weighted by Gasteiger charge is -2.26. The molecule has 1 saturated heterocycles. The third-order valence-corrected chi connectivity index (χ3v) is 4.69. The van der Waals surface area contributed by atoms with Gasteiger partial charge in [0.15, 0.2) is 0 Å². The Bertz CT molecular complexity index is 319. The molecule has 0 aliphatic carbocycles. The molecular formula is C9H10BrClO3S. The summed E-state index contributed by atoms with van der Waals surface area (Å²) in [6, 6.07) is 1.75. The van der Waals surface area contributed by atoms with Crippen molar-refractivity contribution in [1.29, 1.82) is 0 Å². The van der Waals surface area contributed by atoms with Crippen molar-refractivity contribution in [2.75, 3.05) is 19.8 Å². The fourth-order valence-electron chi connectivity index (χ4n) is 1.38. The van der Waals surface area contributed by atoms with Crippen LogP contribution in [0.1, 0.15) is 11.0 Å². The van der Waals surface area contributed by atoms with E-state index in [2.05, 4.69) is 15.9 Å². The van der Waals surface area contributed by atoms with Crippen molar-refractivity contribution in [3.63, 3.8) is 0 Å². The molecule has 0 aromatic carbocycles. The fourth-order valence-corrected chi connectivity index (χ4v) is 3.17. The molecule has 0 amide bonds. The van der Waals surface area contributed by atoms with Gasteiger partial charge in [-0.2, -0.15) is 0 Å². The Hall–Kier alpha value is 0.350. The van der Waals surface area contributed by atoms with E-state index in [1.165, 1.54) is 11.3 Å². The monoisotopic (exact) mass is 312 g/mol. The molecule has 6 heteroatoms. The van der Waals surface area contributed by atoms with Crippen molar-refractivity contribution >= 4 is 38.9 Å². The van der Waals surface area contributed by atoms with Gasteiger partial charge in [0.1, 0.15) is 12.2 Å². The highest BCUT2D eigenvalue weighted by Gasteiger charge is 2.26. The van der Waals surface area contributed by atoms with Crippen molar-refractivity contribution in [2.24, 2.45) is 0 Å². The fraction of sp³-hybridized carbons (Fsp3) is 0.556. The summed E-state index contributed by atoms with van der Waals surface area (Å²) in [7, 11) is 0. The molecule has 0 saturated carbocycles. The van der Waals surface area contributed by atoms with E-state index >= 15 is 0 Å². The molecule has 1 N–H and O–H groups in total. The molecule has 0 spiro atoms. The highest BCUT2D eigenvalue weighted by molar-refractivity contribution is 9.11. The Labute approximate surface area is 105 Å². The van der Waals surface area contributed by atoms with Gasteiger partial charge in [-0.3, -0.25) is 0 Å². The van der Waals surface area contributed by atoms with E-state index in [0.29, 0.717) is 24.8 Å². The number of ether oxygens (including phenoxy) is 2. The van der Waals surface area contributed by atoms with E-state index in [1.807, 2.05) is 0 Å². The van der Waals surface area contributed by atoms with Crippen LogP contribution in [0.25, 0.3) is 0 Å². The second-order valence-electron chi connectivity index (χ2n) is 3.20. The molecule has 2 atom stereocenters. The molecule has 1 fully saturated rings. The van der Waals surface area contributed by atoms with Gasteiger partial charge < -0.3 is 14.6 Å². The number of aliphatic hydroxyl groups excluding tert-OH is 1. The molecule has 1 aliphatic heterocycles. The number of hydrogen-bond donors (Lipinski definition) is 1. The van der Waals surface area contributed by atoms with Gasteiger partial charge in [-0.15, -0.1) is 11.3 Å². The lowest BCUT2D eigenvalue weighted by atomic mass is 10.2. The molecule has 1 aromatic rings. The maximum absolute atomic E-state index is 10.0. The molecule has 0 radical (unpaired) electrons. The maximum Gasteiger partial charge on any atom is 0.117 e. The quantitative estimate of drug-likeness (QED) is 0.912. The van der Waals surface area contributed by atoms with Gasteiger partial charge in [-0.25, -0.2) is 0 Å². The molecule has 3 nitrogen and oxygen atoms in total. The van der Waals surface area contributed by atoms with Gasteiger partial charge in [0.05, 0.1) is 28.6 Å². The summed E-state index contributed by atoms with van der Waals surface area (Å²) in [6.45, 7) is 1.55. The molecule has 0 bridgehead atoms. The lowest BCUT2D eigenvalue weighted by molar-refractivity contribution is -0.132. The van der Waals surface area contributed by atoms with Gasteiger partial charge in [-0.1, -0.05) is 11.6 Å². The van der Waals surface area contributed by atoms with E-state index in [0.717, 1.165) is 8.66 Å². The zero-order valence-corrected chi connectivity index (χ0v) is 10.9. The topological polar surface area (TPSA) is 38.7 Å². The summed E-state index contributed by atoms with van der Waals surface area (Å²) in [4.78, 5) is 0.794. The van der Waals surface area contributed by atoms with E-state index in [4.69, 9.17) is 21.1 Å². The number of thiophene rings is 1. The Morgan fingerprint density at radius 2 is 2.40 bits per heavy atom. The minimum atomic E-state index is -0.668. The second kappa shape index (κ2) is 5.12. The Balaban J connectivity index is 2.08. The molecule has 2 heterocycles. The Morgan fingerprint density at radius 3 is 2.93 bits per heavy atom. The first-order chi connectivity index (χ1) is 7.18. The standard InChI is InChI=1S/C9H10BrClO3S/c10-9-5(11)3-7(15-9)8(12)6-4-13-1-2-14-6/h3,6,8,12H,1-2,4H2. The average Bonchev–Trinajstić information content (AvgIpc) is 2.59. The first kappa shape index (κ1) is 11.8. The number of hydrogen-bond acceptors (Lipinski definition) is 4. The van der Waals surface area contributed by atoms with Crippen LogP contribution in [-0.4, -0.2) is 31.0 Å². The second-order valence-corrected chi connectivity index (χ2v) is 6.01. The van der Waals surface area contributed by atoms with Crippen molar-refractivity contribution in [3.05, 3.63) is 19.8 Å². The van der Waals surface area contributed by atoms with Gasteiger partial charge in [0.2, 0.25) is 0 Å². The van der Waals surface area contributed by atoms with Gasteiger partial charge in [-0.05, 0) is 22.0 Å². The van der Waals surface area contributed by atoms with Gasteiger partial charge in [0.25, 0.3) is 0 Å².